The molecule has 1 aliphatic heterocycles. The molecule has 0 saturated carbocycles. The van der Waals surface area contributed by atoms with E-state index in [9.17, 15) is 0 Å². The number of hydrogen-bond donors (Lipinski definition) is 0. The van der Waals surface area contributed by atoms with E-state index in [1.807, 2.05) is 0 Å². The van der Waals surface area contributed by atoms with Crippen molar-refractivity contribution in [2.24, 2.45) is 0 Å². The van der Waals surface area contributed by atoms with Crippen LogP contribution in [0.15, 0.2) is 0 Å². The second-order valence-corrected chi connectivity index (χ2v) is 4.95. The third-order valence-corrected chi connectivity index (χ3v) is 3.10. The Bertz CT molecular complexity index is 181. The van der Waals surface area contributed by atoms with E-state index >= 15 is 0 Å². The van der Waals surface area contributed by atoms with Gasteiger partial charge in [0.1, 0.15) is 0 Å². The molecule has 4 nitrogen and oxygen atoms in total. The van der Waals surface area contributed by atoms with E-state index in [0.29, 0.717) is 6.61 Å². The van der Waals surface area contributed by atoms with E-state index in [1.54, 1.807) is 0 Å². The molecule has 0 aromatic rings. The molecule has 1 heterocycles. The van der Waals surface area contributed by atoms with Gasteiger partial charge < -0.3 is 18.9 Å². The maximum Gasteiger partial charge on any atom is 0.157 e. The van der Waals surface area contributed by atoms with Crippen molar-refractivity contribution in [3.8, 4) is 0 Å². The molecule has 1 saturated heterocycles. The summed E-state index contributed by atoms with van der Waals surface area (Å²) in [6.45, 7) is 6.88. The summed E-state index contributed by atoms with van der Waals surface area (Å²) >= 11 is 0. The Kier molecular flexibility index (Phi) is 11.4. The molecule has 1 aliphatic rings. The van der Waals surface area contributed by atoms with Gasteiger partial charge in [-0.05, 0) is 44.9 Å². The van der Waals surface area contributed by atoms with Crippen LogP contribution in [0, 0.1) is 0 Å². The van der Waals surface area contributed by atoms with Crippen molar-refractivity contribution in [1.82, 2.24) is 0 Å². The van der Waals surface area contributed by atoms with Crippen LogP contribution >= 0.6 is 0 Å². The fraction of sp³-hybridized carbons (Fsp3) is 1.00. The lowest BCUT2D eigenvalue weighted by Gasteiger charge is -2.22. The summed E-state index contributed by atoms with van der Waals surface area (Å²) in [4.78, 5) is 0. The first-order valence-corrected chi connectivity index (χ1v) is 7.82. The maximum atomic E-state index is 5.67. The van der Waals surface area contributed by atoms with Crippen LogP contribution in [0.25, 0.3) is 0 Å². The minimum absolute atomic E-state index is 0.0562. The van der Waals surface area contributed by atoms with Gasteiger partial charge in [0, 0.05) is 26.4 Å². The van der Waals surface area contributed by atoms with E-state index in [-0.39, 0.29) is 6.29 Å². The smallest absolute Gasteiger partial charge is 0.157 e. The maximum absolute atomic E-state index is 5.67. The molecule has 0 radical (unpaired) electrons. The Hall–Kier alpha value is -0.160. The highest BCUT2D eigenvalue weighted by molar-refractivity contribution is 4.54. The minimum Gasteiger partial charge on any atom is -0.379 e. The zero-order valence-electron chi connectivity index (χ0n) is 12.4. The molecule has 114 valence electrons. The molecule has 1 rings (SSSR count). The summed E-state index contributed by atoms with van der Waals surface area (Å²) in [6.07, 6.45) is 7.95. The van der Waals surface area contributed by atoms with Crippen molar-refractivity contribution in [3.05, 3.63) is 0 Å². The predicted octanol–water partition coefficient (Wildman–Crippen LogP) is 3.14. The summed E-state index contributed by atoms with van der Waals surface area (Å²) in [5.74, 6) is 0. The average Bonchev–Trinajstić information content (AvgIpc) is 2.46. The fourth-order valence-electron chi connectivity index (χ4n) is 2.01. The molecule has 0 spiro atoms. The van der Waals surface area contributed by atoms with Gasteiger partial charge in [0.15, 0.2) is 6.29 Å². The molecular weight excluding hydrogens is 244 g/mol. The van der Waals surface area contributed by atoms with Crippen LogP contribution in [-0.4, -0.2) is 45.9 Å². The summed E-state index contributed by atoms with van der Waals surface area (Å²) in [6, 6.07) is 0. The van der Waals surface area contributed by atoms with Crippen LogP contribution in [0.1, 0.15) is 51.9 Å². The number of unbranched alkanes of at least 4 members (excludes halogenated alkanes) is 2. The lowest BCUT2D eigenvalue weighted by Crippen LogP contribution is -2.22. The lowest BCUT2D eigenvalue weighted by atomic mass is 10.2. The van der Waals surface area contributed by atoms with Gasteiger partial charge in [-0.25, -0.2) is 0 Å². The quantitative estimate of drug-likeness (QED) is 0.512. The van der Waals surface area contributed by atoms with Gasteiger partial charge in [-0.15, -0.1) is 0 Å². The first-order chi connectivity index (χ1) is 9.43. The first kappa shape index (κ1) is 16.9. The van der Waals surface area contributed by atoms with Crippen LogP contribution in [-0.2, 0) is 18.9 Å². The molecule has 19 heavy (non-hydrogen) atoms. The lowest BCUT2D eigenvalue weighted by molar-refractivity contribution is -0.162. The van der Waals surface area contributed by atoms with Crippen LogP contribution in [0.5, 0.6) is 0 Å². The highest BCUT2D eigenvalue weighted by Crippen LogP contribution is 2.14. The van der Waals surface area contributed by atoms with Gasteiger partial charge >= 0.3 is 0 Å². The number of ether oxygens (including phenoxy) is 4. The molecule has 1 unspecified atom stereocenters. The fourth-order valence-corrected chi connectivity index (χ4v) is 2.01. The van der Waals surface area contributed by atoms with Gasteiger partial charge in [0.25, 0.3) is 0 Å². The van der Waals surface area contributed by atoms with Gasteiger partial charge in [0.05, 0.1) is 13.2 Å². The van der Waals surface area contributed by atoms with Crippen molar-refractivity contribution in [2.45, 2.75) is 58.2 Å². The second kappa shape index (κ2) is 12.9. The Labute approximate surface area is 117 Å². The van der Waals surface area contributed by atoms with Crippen LogP contribution in [0.2, 0.25) is 0 Å². The summed E-state index contributed by atoms with van der Waals surface area (Å²) in [5, 5.41) is 0. The molecule has 0 aliphatic carbocycles. The van der Waals surface area contributed by atoms with Gasteiger partial charge in [-0.3, -0.25) is 0 Å². The van der Waals surface area contributed by atoms with Crippen molar-refractivity contribution in [1.29, 1.82) is 0 Å². The standard InChI is InChI=1S/C15H30O4/c1-2-9-16-13-14-17-10-5-3-6-11-18-15-8-4-7-12-19-15/h15H,2-14H2,1H3. The van der Waals surface area contributed by atoms with E-state index in [0.717, 1.165) is 65.1 Å². The first-order valence-electron chi connectivity index (χ1n) is 7.82. The van der Waals surface area contributed by atoms with Crippen LogP contribution in [0.3, 0.4) is 0 Å². The minimum atomic E-state index is 0.0562. The SMILES string of the molecule is CCCOCCOCCCCCOC1CCCCO1. The molecule has 0 aromatic carbocycles. The Balaban J connectivity index is 1.71. The second-order valence-electron chi connectivity index (χ2n) is 4.95. The third kappa shape index (κ3) is 10.3. The van der Waals surface area contributed by atoms with E-state index < -0.39 is 0 Å². The zero-order valence-corrected chi connectivity index (χ0v) is 12.4. The molecule has 4 heteroatoms. The van der Waals surface area contributed by atoms with Crippen molar-refractivity contribution in [3.63, 3.8) is 0 Å². The van der Waals surface area contributed by atoms with Crippen molar-refractivity contribution >= 4 is 0 Å². The monoisotopic (exact) mass is 274 g/mol. The van der Waals surface area contributed by atoms with Gasteiger partial charge in [-0.1, -0.05) is 6.92 Å². The summed E-state index contributed by atoms with van der Waals surface area (Å²) < 4.78 is 22.0. The molecular formula is C15H30O4. The van der Waals surface area contributed by atoms with Crippen molar-refractivity contribution in [2.75, 3.05) is 39.6 Å². The highest BCUT2D eigenvalue weighted by Gasteiger charge is 2.13. The van der Waals surface area contributed by atoms with Crippen LogP contribution in [0.4, 0.5) is 0 Å². The van der Waals surface area contributed by atoms with Gasteiger partial charge in [-0.2, -0.15) is 0 Å². The largest absolute Gasteiger partial charge is 0.379 e. The zero-order chi connectivity index (χ0) is 13.6. The van der Waals surface area contributed by atoms with Crippen molar-refractivity contribution < 1.29 is 18.9 Å². The third-order valence-electron chi connectivity index (χ3n) is 3.10. The number of rotatable bonds is 12. The van der Waals surface area contributed by atoms with Gasteiger partial charge in [0.2, 0.25) is 0 Å². The molecule has 0 aromatic heterocycles. The predicted molar refractivity (Wildman–Crippen MR) is 75.3 cm³/mol. The molecule has 1 fully saturated rings. The van der Waals surface area contributed by atoms with E-state index in [4.69, 9.17) is 18.9 Å². The normalized spacial score (nSPS) is 19.7. The van der Waals surface area contributed by atoms with Crippen LogP contribution < -0.4 is 0 Å². The Morgan fingerprint density at radius 1 is 0.895 bits per heavy atom. The van der Waals surface area contributed by atoms with E-state index in [2.05, 4.69) is 6.92 Å². The molecule has 0 amide bonds. The summed E-state index contributed by atoms with van der Waals surface area (Å²) in [7, 11) is 0. The summed E-state index contributed by atoms with van der Waals surface area (Å²) in [5.41, 5.74) is 0. The molecule has 1 atom stereocenters. The molecule has 0 N–H and O–H groups in total. The Morgan fingerprint density at radius 2 is 1.68 bits per heavy atom. The average molecular weight is 274 g/mol. The number of hydrogen-bond acceptors (Lipinski definition) is 4. The Morgan fingerprint density at radius 3 is 2.42 bits per heavy atom. The highest BCUT2D eigenvalue weighted by atomic mass is 16.7. The molecule has 0 bridgehead atoms. The van der Waals surface area contributed by atoms with E-state index in [1.165, 1.54) is 12.8 Å². The topological polar surface area (TPSA) is 36.9 Å².